The highest BCUT2D eigenvalue weighted by Crippen LogP contribution is 2.37. The molecular weight excluding hydrogens is 530 g/mol. The summed E-state index contributed by atoms with van der Waals surface area (Å²) in [5.41, 5.74) is 1.63. The number of H-pyrrole nitrogens is 1. The fourth-order valence-corrected chi connectivity index (χ4v) is 3.97. The highest BCUT2D eigenvalue weighted by atomic mass is 35.5. The van der Waals surface area contributed by atoms with Gasteiger partial charge in [0.25, 0.3) is 5.91 Å². The molecule has 0 saturated heterocycles. The first-order chi connectivity index (χ1) is 17.7. The minimum atomic E-state index is -4.67. The molecule has 5 aromatic rings. The monoisotopic (exact) mass is 543 g/mol. The minimum Gasteiger partial charge on any atom is -0.341 e. The molecule has 0 unspecified atom stereocenters. The van der Waals surface area contributed by atoms with Crippen LogP contribution in [0.4, 0.5) is 30.4 Å². The van der Waals surface area contributed by atoms with Crippen LogP contribution in [-0.2, 0) is 6.18 Å². The summed E-state index contributed by atoms with van der Waals surface area (Å²) in [5.74, 6) is -0.254. The Hall–Kier alpha value is -4.22. The summed E-state index contributed by atoms with van der Waals surface area (Å²) in [5, 5.41) is 5.38. The van der Waals surface area contributed by atoms with Crippen molar-refractivity contribution in [3.63, 3.8) is 0 Å². The van der Waals surface area contributed by atoms with E-state index in [2.05, 4.69) is 35.6 Å². The minimum absolute atomic E-state index is 0.0643. The lowest BCUT2D eigenvalue weighted by Gasteiger charge is -2.14. The van der Waals surface area contributed by atoms with Gasteiger partial charge in [-0.15, -0.1) is 0 Å². The lowest BCUT2D eigenvalue weighted by Crippen LogP contribution is -2.14. The van der Waals surface area contributed by atoms with Gasteiger partial charge in [0.15, 0.2) is 5.65 Å². The maximum Gasteiger partial charge on any atom is 0.417 e. The quantitative estimate of drug-likeness (QED) is 0.226. The first-order valence-corrected chi connectivity index (χ1v) is 11.3. The van der Waals surface area contributed by atoms with Crippen LogP contribution in [-0.4, -0.2) is 30.8 Å². The highest BCUT2D eigenvalue weighted by Gasteiger charge is 2.33. The van der Waals surface area contributed by atoms with E-state index in [1.807, 2.05) is 0 Å². The summed E-state index contributed by atoms with van der Waals surface area (Å²) in [6, 6.07) is 11.0. The number of benzene rings is 2. The summed E-state index contributed by atoms with van der Waals surface area (Å²) in [7, 11) is 0. The van der Waals surface area contributed by atoms with Crippen molar-refractivity contribution in [2.45, 2.75) is 6.18 Å². The van der Waals surface area contributed by atoms with E-state index in [1.165, 1.54) is 36.9 Å². The van der Waals surface area contributed by atoms with E-state index >= 15 is 0 Å². The van der Waals surface area contributed by atoms with Gasteiger partial charge in [0.05, 0.1) is 27.6 Å². The van der Waals surface area contributed by atoms with Gasteiger partial charge in [-0.25, -0.2) is 19.9 Å². The molecule has 0 aliphatic carbocycles. The molecule has 2 aromatic carbocycles. The van der Waals surface area contributed by atoms with Crippen molar-refractivity contribution in [3.8, 4) is 11.3 Å². The van der Waals surface area contributed by atoms with Gasteiger partial charge in [0.1, 0.15) is 23.4 Å². The highest BCUT2D eigenvalue weighted by molar-refractivity contribution is 6.33. The number of halogens is 5. The van der Waals surface area contributed by atoms with Gasteiger partial charge in [-0.1, -0.05) is 23.2 Å². The third-order valence-electron chi connectivity index (χ3n) is 5.30. The van der Waals surface area contributed by atoms with Crippen molar-refractivity contribution in [1.82, 2.24) is 24.9 Å². The summed E-state index contributed by atoms with van der Waals surface area (Å²) in [6.07, 6.45) is -0.209. The lowest BCUT2D eigenvalue weighted by atomic mass is 10.1. The lowest BCUT2D eigenvalue weighted by molar-refractivity contribution is -0.137. The molecule has 0 radical (unpaired) electrons. The summed E-state index contributed by atoms with van der Waals surface area (Å²) in [6.45, 7) is 0. The number of rotatable bonds is 5. The Morgan fingerprint density at radius 2 is 1.76 bits per heavy atom. The van der Waals surface area contributed by atoms with E-state index in [0.717, 1.165) is 12.1 Å². The number of nitrogens with zero attached hydrogens (tertiary/aromatic N) is 4. The number of amides is 1. The van der Waals surface area contributed by atoms with Crippen LogP contribution in [0.2, 0.25) is 10.0 Å². The molecular formula is C24H14Cl2F3N7O. The van der Waals surface area contributed by atoms with E-state index < -0.39 is 22.7 Å². The number of anilines is 3. The van der Waals surface area contributed by atoms with Gasteiger partial charge < -0.3 is 15.6 Å². The first kappa shape index (κ1) is 24.5. The van der Waals surface area contributed by atoms with Crippen LogP contribution in [0.25, 0.3) is 22.4 Å². The van der Waals surface area contributed by atoms with Gasteiger partial charge >= 0.3 is 6.18 Å². The molecule has 3 heterocycles. The smallest absolute Gasteiger partial charge is 0.341 e. The molecule has 8 nitrogen and oxygen atoms in total. The number of aromatic nitrogens is 5. The molecule has 0 bridgehead atoms. The van der Waals surface area contributed by atoms with Crippen LogP contribution in [0.15, 0.2) is 67.4 Å². The Morgan fingerprint density at radius 3 is 2.57 bits per heavy atom. The molecule has 1 amide bonds. The summed E-state index contributed by atoms with van der Waals surface area (Å²) >= 11 is 12.0. The molecule has 0 saturated carbocycles. The van der Waals surface area contributed by atoms with E-state index in [1.54, 1.807) is 18.3 Å². The zero-order valence-corrected chi connectivity index (χ0v) is 19.9. The molecule has 0 atom stereocenters. The van der Waals surface area contributed by atoms with Crippen molar-refractivity contribution in [1.29, 1.82) is 0 Å². The van der Waals surface area contributed by atoms with Crippen LogP contribution in [0, 0.1) is 0 Å². The number of hydrogen-bond donors (Lipinski definition) is 3. The van der Waals surface area contributed by atoms with Crippen molar-refractivity contribution >= 4 is 57.5 Å². The molecule has 0 spiro atoms. The Kier molecular flexibility index (Phi) is 6.40. The van der Waals surface area contributed by atoms with E-state index in [-0.39, 0.29) is 16.3 Å². The molecule has 37 heavy (non-hydrogen) atoms. The predicted octanol–water partition coefficient (Wildman–Crippen LogP) is 6.74. The molecule has 5 rings (SSSR count). The van der Waals surface area contributed by atoms with Gasteiger partial charge in [-0.2, -0.15) is 13.2 Å². The number of carbonyl (C=O) groups excluding carboxylic acids is 1. The van der Waals surface area contributed by atoms with Crippen LogP contribution in [0.3, 0.4) is 0 Å². The Labute approximate surface area is 216 Å². The standard InChI is InChI=1S/C24H14Cl2F3N7O/c25-16-6-4-13(9-15(16)24(27,28)29)35-23(37)12-3-5-17(26)18(8-12)36-21-14(2-1-7-30-21)19-20-22(33-10-31-19)34-11-32-20/h1-11H,(H,30,36)(H,35,37)(H,31,32,33,34). The second-order valence-electron chi connectivity index (χ2n) is 7.69. The second-order valence-corrected chi connectivity index (χ2v) is 8.50. The number of nitrogens with one attached hydrogen (secondary N) is 3. The molecule has 13 heteroatoms. The van der Waals surface area contributed by atoms with Gasteiger partial charge in [-0.3, -0.25) is 4.79 Å². The van der Waals surface area contributed by atoms with Crippen LogP contribution < -0.4 is 10.6 Å². The molecule has 3 aromatic heterocycles. The fourth-order valence-electron chi connectivity index (χ4n) is 3.58. The summed E-state index contributed by atoms with van der Waals surface area (Å²) in [4.78, 5) is 32.8. The molecule has 0 aliphatic heterocycles. The average molecular weight is 544 g/mol. The average Bonchev–Trinajstić information content (AvgIpc) is 3.35. The third-order valence-corrected chi connectivity index (χ3v) is 5.96. The van der Waals surface area contributed by atoms with Crippen molar-refractivity contribution in [3.05, 3.63) is 88.6 Å². The topological polar surface area (TPSA) is 108 Å². The van der Waals surface area contributed by atoms with Crippen LogP contribution in [0.5, 0.6) is 0 Å². The maximum absolute atomic E-state index is 13.2. The van der Waals surface area contributed by atoms with Crippen molar-refractivity contribution in [2.24, 2.45) is 0 Å². The second kappa shape index (κ2) is 9.68. The molecule has 0 aliphatic rings. The van der Waals surface area contributed by atoms with Gasteiger partial charge in [-0.05, 0) is 48.5 Å². The number of fused-ring (bicyclic) bond motifs is 1. The van der Waals surface area contributed by atoms with Crippen molar-refractivity contribution in [2.75, 3.05) is 10.6 Å². The zero-order valence-electron chi connectivity index (χ0n) is 18.4. The largest absolute Gasteiger partial charge is 0.417 e. The Bertz CT molecular complexity index is 1640. The number of hydrogen-bond acceptors (Lipinski definition) is 6. The number of pyridine rings is 1. The molecule has 186 valence electrons. The third kappa shape index (κ3) is 5.04. The molecule has 0 fully saturated rings. The SMILES string of the molecule is O=C(Nc1ccc(Cl)c(C(F)(F)F)c1)c1ccc(Cl)c(Nc2ncccc2-c2ncnc3nc[nH]c23)c1. The Morgan fingerprint density at radius 1 is 0.946 bits per heavy atom. The van der Waals surface area contributed by atoms with Gasteiger partial charge in [0, 0.05) is 23.0 Å². The van der Waals surface area contributed by atoms with Crippen molar-refractivity contribution < 1.29 is 18.0 Å². The molecule has 3 N–H and O–H groups in total. The fraction of sp³-hybridized carbons (Fsp3) is 0.0417. The Balaban J connectivity index is 1.44. The van der Waals surface area contributed by atoms with Crippen LogP contribution >= 0.6 is 23.2 Å². The summed E-state index contributed by atoms with van der Waals surface area (Å²) < 4.78 is 39.5. The number of imidazole rings is 1. The van der Waals surface area contributed by atoms with E-state index in [9.17, 15) is 18.0 Å². The maximum atomic E-state index is 13.2. The predicted molar refractivity (Wildman–Crippen MR) is 134 cm³/mol. The zero-order chi connectivity index (χ0) is 26.2. The number of alkyl halides is 3. The first-order valence-electron chi connectivity index (χ1n) is 10.5. The number of aromatic amines is 1. The number of carbonyl (C=O) groups is 1. The van der Waals surface area contributed by atoms with E-state index in [4.69, 9.17) is 23.2 Å². The van der Waals surface area contributed by atoms with Gasteiger partial charge in [0.2, 0.25) is 0 Å². The van der Waals surface area contributed by atoms with Crippen LogP contribution in [0.1, 0.15) is 15.9 Å². The normalized spacial score (nSPS) is 11.5. The van der Waals surface area contributed by atoms with E-state index in [0.29, 0.717) is 33.9 Å².